The second kappa shape index (κ2) is 6.95. The Morgan fingerprint density at radius 3 is 2.82 bits per heavy atom. The van der Waals surface area contributed by atoms with Crippen molar-refractivity contribution in [3.8, 4) is 0 Å². The maximum absolute atomic E-state index is 11.6. The third-order valence-electron chi connectivity index (χ3n) is 2.45. The highest BCUT2D eigenvalue weighted by molar-refractivity contribution is 5.76. The zero-order valence-corrected chi connectivity index (χ0v) is 10.3. The van der Waals surface area contributed by atoms with E-state index in [9.17, 15) is 4.79 Å². The van der Waals surface area contributed by atoms with Crippen LogP contribution in [-0.4, -0.2) is 33.1 Å². The molecule has 0 saturated heterocycles. The van der Waals surface area contributed by atoms with Gasteiger partial charge in [-0.15, -0.1) is 10.2 Å². The Kier molecular flexibility index (Phi) is 5.55. The van der Waals surface area contributed by atoms with Crippen molar-refractivity contribution in [2.75, 3.05) is 6.54 Å². The quantitative estimate of drug-likeness (QED) is 0.613. The minimum absolute atomic E-state index is 0.0223. The van der Waals surface area contributed by atoms with Gasteiger partial charge in [-0.1, -0.05) is 19.1 Å². The van der Waals surface area contributed by atoms with Crippen molar-refractivity contribution >= 4 is 5.91 Å². The number of carbonyl (C=O) groups is 1. The molecule has 4 N–H and O–H groups in total. The summed E-state index contributed by atoms with van der Waals surface area (Å²) in [4.78, 5) is 11.6. The summed E-state index contributed by atoms with van der Waals surface area (Å²) in [5.41, 5.74) is 5.64. The van der Waals surface area contributed by atoms with Gasteiger partial charge in [0.25, 0.3) is 0 Å². The average molecular weight is 240 g/mol. The molecule has 7 nitrogen and oxygen atoms in total. The van der Waals surface area contributed by atoms with Crippen LogP contribution in [0.2, 0.25) is 0 Å². The highest BCUT2D eigenvalue weighted by atomic mass is 16.1. The van der Waals surface area contributed by atoms with Crippen molar-refractivity contribution in [1.82, 2.24) is 25.9 Å². The summed E-state index contributed by atoms with van der Waals surface area (Å²) in [6.07, 6.45) is 1.42. The van der Waals surface area contributed by atoms with Crippen molar-refractivity contribution in [3.05, 3.63) is 5.82 Å². The van der Waals surface area contributed by atoms with Crippen LogP contribution in [0, 0.1) is 11.8 Å². The molecule has 1 amide bonds. The van der Waals surface area contributed by atoms with E-state index in [1.54, 1.807) is 0 Å². The van der Waals surface area contributed by atoms with E-state index in [4.69, 9.17) is 5.73 Å². The summed E-state index contributed by atoms with van der Waals surface area (Å²) in [7, 11) is 0. The van der Waals surface area contributed by atoms with Crippen LogP contribution in [0.3, 0.4) is 0 Å². The van der Waals surface area contributed by atoms with Crippen molar-refractivity contribution < 1.29 is 4.79 Å². The van der Waals surface area contributed by atoms with Crippen molar-refractivity contribution in [2.45, 2.75) is 33.2 Å². The number of amides is 1. The predicted octanol–water partition coefficient (Wildman–Crippen LogP) is -0.173. The number of H-pyrrole nitrogens is 1. The summed E-state index contributed by atoms with van der Waals surface area (Å²) in [5.74, 6) is 1.24. The molecule has 1 atom stereocenters. The molecule has 1 rings (SSSR count). The molecule has 0 aliphatic carbocycles. The molecular weight excluding hydrogens is 220 g/mol. The molecule has 0 bridgehead atoms. The van der Waals surface area contributed by atoms with E-state index in [1.165, 1.54) is 0 Å². The maximum Gasteiger partial charge on any atom is 0.220 e. The highest BCUT2D eigenvalue weighted by Crippen LogP contribution is 2.13. The molecule has 0 radical (unpaired) electrons. The van der Waals surface area contributed by atoms with Gasteiger partial charge in [0.15, 0.2) is 5.82 Å². The van der Waals surface area contributed by atoms with Gasteiger partial charge in [0, 0.05) is 6.42 Å². The van der Waals surface area contributed by atoms with Crippen LogP contribution in [0.5, 0.6) is 0 Å². The number of rotatable bonds is 7. The first-order chi connectivity index (χ1) is 8.11. The van der Waals surface area contributed by atoms with Crippen LogP contribution in [0.4, 0.5) is 0 Å². The number of nitrogens with one attached hydrogen (secondary N) is 2. The molecule has 96 valence electrons. The zero-order chi connectivity index (χ0) is 12.7. The molecule has 1 aromatic rings. The standard InChI is InChI=1S/C10H20N6O/c1-7(2)3-8(5-11)4-10(17)12-6-9-13-15-16-14-9/h7-8H,3-6,11H2,1-2H3,(H,12,17)(H,13,14,15,16). The number of nitrogens with two attached hydrogens (primary N) is 1. The molecule has 1 aromatic heterocycles. The normalized spacial score (nSPS) is 12.7. The van der Waals surface area contributed by atoms with Crippen LogP contribution >= 0.6 is 0 Å². The number of hydrogen-bond donors (Lipinski definition) is 3. The van der Waals surface area contributed by atoms with Crippen LogP contribution in [0.25, 0.3) is 0 Å². The fraction of sp³-hybridized carbons (Fsp3) is 0.800. The number of hydrogen-bond acceptors (Lipinski definition) is 5. The predicted molar refractivity (Wildman–Crippen MR) is 62.6 cm³/mol. The summed E-state index contributed by atoms with van der Waals surface area (Å²) in [6, 6.07) is 0. The Morgan fingerprint density at radius 1 is 1.53 bits per heavy atom. The first-order valence-corrected chi connectivity index (χ1v) is 5.81. The van der Waals surface area contributed by atoms with Gasteiger partial charge in [0.2, 0.25) is 5.91 Å². The number of aromatic amines is 1. The lowest BCUT2D eigenvalue weighted by Crippen LogP contribution is -2.28. The summed E-state index contributed by atoms with van der Waals surface area (Å²) < 4.78 is 0. The van der Waals surface area contributed by atoms with Gasteiger partial charge in [-0.2, -0.15) is 5.21 Å². The van der Waals surface area contributed by atoms with Crippen LogP contribution in [0.1, 0.15) is 32.5 Å². The lowest BCUT2D eigenvalue weighted by Gasteiger charge is -2.16. The molecule has 0 aliphatic heterocycles. The Bertz CT molecular complexity index is 324. The number of aromatic nitrogens is 4. The molecule has 1 heterocycles. The maximum atomic E-state index is 11.6. The van der Waals surface area contributed by atoms with Gasteiger partial charge in [-0.25, -0.2) is 0 Å². The van der Waals surface area contributed by atoms with Gasteiger partial charge in [0.1, 0.15) is 0 Å². The van der Waals surface area contributed by atoms with Crippen molar-refractivity contribution in [3.63, 3.8) is 0 Å². The van der Waals surface area contributed by atoms with E-state index in [-0.39, 0.29) is 11.8 Å². The molecule has 7 heteroatoms. The first kappa shape index (κ1) is 13.6. The Balaban J connectivity index is 2.27. The van der Waals surface area contributed by atoms with Gasteiger partial charge in [-0.3, -0.25) is 4.79 Å². The monoisotopic (exact) mass is 240 g/mol. The van der Waals surface area contributed by atoms with E-state index in [0.717, 1.165) is 6.42 Å². The van der Waals surface area contributed by atoms with Crippen LogP contribution in [0.15, 0.2) is 0 Å². The Hall–Kier alpha value is -1.50. The molecule has 0 spiro atoms. The van der Waals surface area contributed by atoms with Gasteiger partial charge >= 0.3 is 0 Å². The topological polar surface area (TPSA) is 110 Å². The van der Waals surface area contributed by atoms with E-state index in [2.05, 4.69) is 39.8 Å². The smallest absolute Gasteiger partial charge is 0.220 e. The van der Waals surface area contributed by atoms with Crippen molar-refractivity contribution in [2.24, 2.45) is 17.6 Å². The third kappa shape index (κ3) is 5.39. The summed E-state index contributed by atoms with van der Waals surface area (Å²) >= 11 is 0. The van der Waals surface area contributed by atoms with E-state index >= 15 is 0 Å². The molecule has 0 aromatic carbocycles. The van der Waals surface area contributed by atoms with E-state index in [1.807, 2.05) is 0 Å². The number of carbonyl (C=O) groups excluding carboxylic acids is 1. The third-order valence-corrected chi connectivity index (χ3v) is 2.45. The lowest BCUT2D eigenvalue weighted by atomic mass is 9.94. The molecule has 1 unspecified atom stereocenters. The molecular formula is C10H20N6O. The minimum Gasteiger partial charge on any atom is -0.349 e. The van der Waals surface area contributed by atoms with E-state index in [0.29, 0.717) is 31.3 Å². The fourth-order valence-corrected chi connectivity index (χ4v) is 1.70. The van der Waals surface area contributed by atoms with Gasteiger partial charge in [-0.05, 0) is 24.8 Å². The first-order valence-electron chi connectivity index (χ1n) is 5.81. The number of nitrogens with zero attached hydrogens (tertiary/aromatic N) is 3. The minimum atomic E-state index is -0.0223. The Morgan fingerprint density at radius 2 is 2.29 bits per heavy atom. The summed E-state index contributed by atoms with van der Waals surface area (Å²) in [6.45, 7) is 5.09. The molecule has 0 saturated carbocycles. The Labute approximate surface area is 101 Å². The zero-order valence-electron chi connectivity index (χ0n) is 10.3. The number of tetrazole rings is 1. The lowest BCUT2D eigenvalue weighted by molar-refractivity contribution is -0.122. The van der Waals surface area contributed by atoms with Gasteiger partial charge < -0.3 is 11.1 Å². The average Bonchev–Trinajstić information content (AvgIpc) is 2.77. The molecule has 17 heavy (non-hydrogen) atoms. The van der Waals surface area contributed by atoms with Crippen LogP contribution < -0.4 is 11.1 Å². The largest absolute Gasteiger partial charge is 0.349 e. The van der Waals surface area contributed by atoms with Gasteiger partial charge in [0.05, 0.1) is 6.54 Å². The summed E-state index contributed by atoms with van der Waals surface area (Å²) in [5, 5.41) is 16.0. The van der Waals surface area contributed by atoms with E-state index < -0.39 is 0 Å². The second-order valence-corrected chi connectivity index (χ2v) is 4.54. The van der Waals surface area contributed by atoms with Crippen LogP contribution in [-0.2, 0) is 11.3 Å². The van der Waals surface area contributed by atoms with Crippen molar-refractivity contribution in [1.29, 1.82) is 0 Å². The fourth-order valence-electron chi connectivity index (χ4n) is 1.70. The molecule has 0 fully saturated rings. The molecule has 0 aliphatic rings. The second-order valence-electron chi connectivity index (χ2n) is 4.54. The SMILES string of the molecule is CC(C)CC(CN)CC(=O)NCc1nn[nH]n1. The highest BCUT2D eigenvalue weighted by Gasteiger charge is 2.14.